The molecule has 0 aliphatic carbocycles. The van der Waals surface area contributed by atoms with E-state index in [-0.39, 0.29) is 11.8 Å². The number of methoxy groups -OCH3 is 1. The third-order valence-corrected chi connectivity index (χ3v) is 2.83. The minimum atomic E-state index is -0.109. The van der Waals surface area contributed by atoms with Gasteiger partial charge in [-0.1, -0.05) is 6.92 Å². The zero-order chi connectivity index (χ0) is 13.0. The minimum Gasteiger partial charge on any atom is -0.495 e. The number of carbonyl (C=O) groups excluding carboxylic acids is 1. The molecule has 1 aromatic carbocycles. The number of likely N-dealkylation sites (N-methyl/N-ethyl adjacent to an activating group) is 1. The average molecular weight is 236 g/mol. The van der Waals surface area contributed by atoms with E-state index in [9.17, 15) is 4.79 Å². The lowest BCUT2D eigenvalue weighted by molar-refractivity contribution is 0.0871. The number of benzene rings is 1. The van der Waals surface area contributed by atoms with E-state index in [1.54, 1.807) is 25.3 Å². The molecule has 0 aliphatic heterocycles. The Bertz CT molecular complexity index is 402. The summed E-state index contributed by atoms with van der Waals surface area (Å²) in [4.78, 5) is 14.2. The molecular formula is C13H20N2O2. The van der Waals surface area contributed by atoms with Gasteiger partial charge in [0.15, 0.2) is 5.78 Å². The average Bonchev–Trinajstić information content (AvgIpc) is 2.29. The smallest absolute Gasteiger partial charge is 0.179 e. The largest absolute Gasteiger partial charge is 0.495 e. The second kappa shape index (κ2) is 5.68. The molecule has 0 bridgehead atoms. The molecule has 4 heteroatoms. The van der Waals surface area contributed by atoms with Crippen molar-refractivity contribution >= 4 is 11.5 Å². The van der Waals surface area contributed by atoms with Gasteiger partial charge in [0, 0.05) is 5.56 Å². The molecule has 0 spiro atoms. The van der Waals surface area contributed by atoms with E-state index in [0.29, 0.717) is 17.0 Å². The Hall–Kier alpha value is -1.55. The summed E-state index contributed by atoms with van der Waals surface area (Å²) in [5.74, 6) is 0.686. The molecule has 0 aromatic heterocycles. The van der Waals surface area contributed by atoms with Crippen molar-refractivity contribution < 1.29 is 9.53 Å². The number of hydrogen-bond acceptors (Lipinski definition) is 4. The maximum Gasteiger partial charge on any atom is 0.179 e. The van der Waals surface area contributed by atoms with Gasteiger partial charge in [-0.2, -0.15) is 0 Å². The number of ether oxygens (including phenoxy) is 1. The van der Waals surface area contributed by atoms with Crippen molar-refractivity contribution in [3.8, 4) is 5.75 Å². The van der Waals surface area contributed by atoms with Crippen molar-refractivity contribution in [3.05, 3.63) is 23.8 Å². The first-order valence-corrected chi connectivity index (χ1v) is 5.65. The number of carbonyl (C=O) groups is 1. The molecule has 1 rings (SSSR count). The van der Waals surface area contributed by atoms with E-state index >= 15 is 0 Å². The fourth-order valence-electron chi connectivity index (χ4n) is 1.87. The van der Waals surface area contributed by atoms with Crippen LogP contribution in [-0.4, -0.2) is 37.9 Å². The first-order valence-electron chi connectivity index (χ1n) is 5.65. The maximum atomic E-state index is 12.2. The first-order chi connectivity index (χ1) is 8.01. The summed E-state index contributed by atoms with van der Waals surface area (Å²) in [5.41, 5.74) is 6.92. The zero-order valence-electron chi connectivity index (χ0n) is 10.9. The van der Waals surface area contributed by atoms with Crippen LogP contribution in [0.15, 0.2) is 18.2 Å². The van der Waals surface area contributed by atoms with Crippen molar-refractivity contribution in [2.75, 3.05) is 26.9 Å². The fraction of sp³-hybridized carbons (Fsp3) is 0.462. The Balaban J connectivity index is 3.00. The van der Waals surface area contributed by atoms with Crippen LogP contribution < -0.4 is 10.5 Å². The van der Waals surface area contributed by atoms with Gasteiger partial charge in [-0.3, -0.25) is 9.69 Å². The first kappa shape index (κ1) is 13.5. The van der Waals surface area contributed by atoms with Crippen LogP contribution in [-0.2, 0) is 0 Å². The molecule has 4 nitrogen and oxygen atoms in total. The summed E-state index contributed by atoms with van der Waals surface area (Å²) in [6.45, 7) is 2.00. The van der Waals surface area contributed by atoms with Crippen LogP contribution in [0.4, 0.5) is 5.69 Å². The predicted octanol–water partition coefficient (Wildman–Crippen LogP) is 1.80. The summed E-state index contributed by atoms with van der Waals surface area (Å²) in [6, 6.07) is 5.05. The van der Waals surface area contributed by atoms with Crippen LogP contribution in [0.1, 0.15) is 23.7 Å². The monoisotopic (exact) mass is 236 g/mol. The van der Waals surface area contributed by atoms with Crippen LogP contribution in [0.5, 0.6) is 5.75 Å². The Morgan fingerprint density at radius 2 is 2.12 bits per heavy atom. The molecule has 0 aliphatic rings. The Morgan fingerprint density at radius 3 is 2.53 bits per heavy atom. The third kappa shape index (κ3) is 2.97. The number of hydrogen-bond donors (Lipinski definition) is 1. The molecule has 2 N–H and O–H groups in total. The topological polar surface area (TPSA) is 55.6 Å². The van der Waals surface area contributed by atoms with Crippen LogP contribution in [0.3, 0.4) is 0 Å². The predicted molar refractivity (Wildman–Crippen MR) is 69.5 cm³/mol. The lowest BCUT2D eigenvalue weighted by atomic mass is 10.0. The maximum absolute atomic E-state index is 12.2. The van der Waals surface area contributed by atoms with Gasteiger partial charge in [-0.15, -0.1) is 0 Å². The number of anilines is 1. The number of nitrogen functional groups attached to an aromatic ring is 1. The van der Waals surface area contributed by atoms with E-state index in [0.717, 1.165) is 6.42 Å². The lowest BCUT2D eigenvalue weighted by Gasteiger charge is -2.21. The van der Waals surface area contributed by atoms with Gasteiger partial charge in [0.25, 0.3) is 0 Å². The van der Waals surface area contributed by atoms with Gasteiger partial charge in [0.05, 0.1) is 18.8 Å². The summed E-state index contributed by atoms with van der Waals surface area (Å²) >= 11 is 0. The highest BCUT2D eigenvalue weighted by Gasteiger charge is 2.20. The quantitative estimate of drug-likeness (QED) is 0.625. The fourth-order valence-corrected chi connectivity index (χ4v) is 1.87. The normalized spacial score (nSPS) is 12.5. The van der Waals surface area contributed by atoms with Crippen molar-refractivity contribution in [2.24, 2.45) is 0 Å². The number of Topliss-reactive ketones (excluding diaryl/α,β-unsaturated/α-hetero) is 1. The Labute approximate surface area is 102 Å². The number of nitrogens with two attached hydrogens (primary N) is 1. The molecule has 0 saturated heterocycles. The van der Waals surface area contributed by atoms with Crippen molar-refractivity contribution in [1.29, 1.82) is 0 Å². The highest BCUT2D eigenvalue weighted by Crippen LogP contribution is 2.23. The van der Waals surface area contributed by atoms with E-state index in [1.165, 1.54) is 0 Å². The molecule has 0 saturated carbocycles. The van der Waals surface area contributed by atoms with Crippen LogP contribution in [0, 0.1) is 0 Å². The zero-order valence-corrected chi connectivity index (χ0v) is 10.9. The van der Waals surface area contributed by atoms with E-state index in [2.05, 4.69) is 0 Å². The van der Waals surface area contributed by atoms with E-state index < -0.39 is 0 Å². The summed E-state index contributed by atoms with van der Waals surface area (Å²) < 4.78 is 5.07. The SMILES string of the molecule is CCC(C(=O)c1ccc(OC)c(N)c1)N(C)C. The van der Waals surface area contributed by atoms with Crippen LogP contribution in [0.25, 0.3) is 0 Å². The highest BCUT2D eigenvalue weighted by molar-refractivity contribution is 6.01. The molecule has 0 radical (unpaired) electrons. The van der Waals surface area contributed by atoms with Crippen LogP contribution in [0.2, 0.25) is 0 Å². The molecule has 1 atom stereocenters. The Kier molecular flexibility index (Phi) is 4.52. The molecular weight excluding hydrogens is 216 g/mol. The van der Waals surface area contributed by atoms with E-state index in [4.69, 9.17) is 10.5 Å². The van der Waals surface area contributed by atoms with Crippen molar-refractivity contribution in [2.45, 2.75) is 19.4 Å². The van der Waals surface area contributed by atoms with Gasteiger partial charge in [0.2, 0.25) is 0 Å². The number of ketones is 1. The molecule has 94 valence electrons. The van der Waals surface area contributed by atoms with Gasteiger partial charge >= 0.3 is 0 Å². The molecule has 0 heterocycles. The van der Waals surface area contributed by atoms with E-state index in [1.807, 2.05) is 25.9 Å². The molecule has 1 aromatic rings. The van der Waals surface area contributed by atoms with Crippen LogP contribution >= 0.6 is 0 Å². The van der Waals surface area contributed by atoms with Gasteiger partial charge in [0.1, 0.15) is 5.75 Å². The second-order valence-corrected chi connectivity index (χ2v) is 4.21. The van der Waals surface area contributed by atoms with Crippen molar-refractivity contribution in [3.63, 3.8) is 0 Å². The Morgan fingerprint density at radius 1 is 1.47 bits per heavy atom. The van der Waals surface area contributed by atoms with Gasteiger partial charge in [-0.05, 0) is 38.7 Å². The van der Waals surface area contributed by atoms with Crippen molar-refractivity contribution in [1.82, 2.24) is 4.90 Å². The molecule has 0 amide bonds. The highest BCUT2D eigenvalue weighted by atomic mass is 16.5. The second-order valence-electron chi connectivity index (χ2n) is 4.21. The lowest BCUT2D eigenvalue weighted by Crippen LogP contribution is -2.35. The van der Waals surface area contributed by atoms with Gasteiger partial charge < -0.3 is 10.5 Å². The standard InChI is InChI=1S/C13H20N2O2/c1-5-11(15(2)3)13(16)9-6-7-12(17-4)10(14)8-9/h6-8,11H,5,14H2,1-4H3. The number of rotatable bonds is 5. The molecule has 1 unspecified atom stereocenters. The molecule has 0 fully saturated rings. The van der Waals surface area contributed by atoms with Gasteiger partial charge in [-0.25, -0.2) is 0 Å². The minimum absolute atomic E-state index is 0.0897. The summed E-state index contributed by atoms with van der Waals surface area (Å²) in [6.07, 6.45) is 0.776. The summed E-state index contributed by atoms with van der Waals surface area (Å²) in [5, 5.41) is 0. The molecule has 17 heavy (non-hydrogen) atoms. The summed E-state index contributed by atoms with van der Waals surface area (Å²) in [7, 11) is 5.36. The third-order valence-electron chi connectivity index (χ3n) is 2.83. The number of nitrogens with zero attached hydrogens (tertiary/aromatic N) is 1.